The fraction of sp³-hybridized carbons (Fsp3) is 0.750. The molecule has 0 spiro atoms. The first-order valence-electron chi connectivity index (χ1n) is 5.59. The van der Waals surface area contributed by atoms with E-state index < -0.39 is 8.32 Å². The summed E-state index contributed by atoms with van der Waals surface area (Å²) < 4.78 is 6.18. The van der Waals surface area contributed by atoms with Gasteiger partial charge in [-0.15, -0.1) is 0 Å². The molecule has 0 saturated heterocycles. The van der Waals surface area contributed by atoms with Crippen molar-refractivity contribution in [1.29, 1.82) is 0 Å². The monoisotopic (exact) mass is 226 g/mol. The van der Waals surface area contributed by atoms with E-state index in [2.05, 4.69) is 33.9 Å². The Bertz CT molecular complexity index is 274. The zero-order valence-electron chi connectivity index (χ0n) is 10.5. The van der Waals surface area contributed by atoms with Gasteiger partial charge < -0.3 is 4.43 Å². The third-order valence-electron chi connectivity index (χ3n) is 3.40. The molecule has 0 aromatic heterocycles. The first-order chi connectivity index (χ1) is 6.72. The highest BCUT2D eigenvalue weighted by atomic mass is 28.4. The Hall–Kier alpha value is -0.413. The lowest BCUT2D eigenvalue weighted by molar-refractivity contribution is -0.116. The molecule has 3 heteroatoms. The van der Waals surface area contributed by atoms with Gasteiger partial charge in [0.1, 0.15) is 0 Å². The van der Waals surface area contributed by atoms with Gasteiger partial charge in [-0.3, -0.25) is 4.79 Å². The Morgan fingerprint density at radius 3 is 2.47 bits per heavy atom. The molecule has 1 aliphatic rings. The highest BCUT2D eigenvalue weighted by Crippen LogP contribution is 2.38. The second-order valence-electron chi connectivity index (χ2n) is 5.81. The summed E-state index contributed by atoms with van der Waals surface area (Å²) in [5, 5.41) is 0.219. The average molecular weight is 226 g/mol. The van der Waals surface area contributed by atoms with E-state index in [0.29, 0.717) is 6.42 Å². The molecule has 0 bridgehead atoms. The standard InChI is InChI=1S/C12H22O2Si/c1-12(2,3)15(4,5)14-11-8-6-7-10(13)9-11/h6-7,11H,8-9H2,1-5H3. The van der Waals surface area contributed by atoms with Crippen molar-refractivity contribution >= 4 is 14.1 Å². The number of ketones is 1. The second kappa shape index (κ2) is 4.22. The van der Waals surface area contributed by atoms with E-state index in [1.807, 2.05) is 6.08 Å². The molecule has 0 fully saturated rings. The molecule has 0 aromatic rings. The number of carbonyl (C=O) groups excluding carboxylic acids is 1. The van der Waals surface area contributed by atoms with Gasteiger partial charge in [-0.25, -0.2) is 0 Å². The Morgan fingerprint density at radius 1 is 1.40 bits per heavy atom. The molecular formula is C12H22O2Si. The van der Waals surface area contributed by atoms with Gasteiger partial charge in [0.2, 0.25) is 0 Å². The van der Waals surface area contributed by atoms with Crippen LogP contribution in [0, 0.1) is 0 Å². The summed E-state index contributed by atoms with van der Waals surface area (Å²) >= 11 is 0. The van der Waals surface area contributed by atoms with Crippen molar-refractivity contribution in [3.8, 4) is 0 Å². The maximum absolute atomic E-state index is 11.3. The number of hydrogen-bond donors (Lipinski definition) is 0. The Kier molecular flexibility index (Phi) is 3.56. The number of hydrogen-bond acceptors (Lipinski definition) is 2. The quantitative estimate of drug-likeness (QED) is 0.675. The highest BCUT2D eigenvalue weighted by molar-refractivity contribution is 6.74. The minimum Gasteiger partial charge on any atom is -0.413 e. The van der Waals surface area contributed by atoms with E-state index in [4.69, 9.17) is 4.43 Å². The van der Waals surface area contributed by atoms with Crippen LogP contribution in [0.2, 0.25) is 18.1 Å². The maximum Gasteiger partial charge on any atom is 0.192 e. The molecule has 0 N–H and O–H groups in total. The zero-order valence-corrected chi connectivity index (χ0v) is 11.5. The lowest BCUT2D eigenvalue weighted by atomic mass is 10.0. The first-order valence-corrected chi connectivity index (χ1v) is 8.50. The van der Waals surface area contributed by atoms with Gasteiger partial charge in [0.25, 0.3) is 0 Å². The summed E-state index contributed by atoms with van der Waals surface area (Å²) in [5.74, 6) is 0.199. The van der Waals surface area contributed by atoms with Crippen LogP contribution in [-0.2, 0) is 9.22 Å². The number of carbonyl (C=O) groups is 1. The third kappa shape index (κ3) is 3.28. The summed E-state index contributed by atoms with van der Waals surface area (Å²) in [6.45, 7) is 11.1. The van der Waals surface area contributed by atoms with Crippen LogP contribution in [-0.4, -0.2) is 20.2 Å². The Balaban J connectivity index is 2.62. The maximum atomic E-state index is 11.3. The van der Waals surface area contributed by atoms with Crippen molar-refractivity contribution in [3.05, 3.63) is 12.2 Å². The molecule has 0 radical (unpaired) electrons. The molecule has 0 amide bonds. The lowest BCUT2D eigenvalue weighted by Crippen LogP contribution is -2.44. The van der Waals surface area contributed by atoms with E-state index in [0.717, 1.165) is 6.42 Å². The largest absolute Gasteiger partial charge is 0.413 e. The smallest absolute Gasteiger partial charge is 0.192 e. The molecule has 1 aliphatic carbocycles. The summed E-state index contributed by atoms with van der Waals surface area (Å²) in [5.41, 5.74) is 0. The van der Waals surface area contributed by atoms with Crippen LogP contribution in [0.25, 0.3) is 0 Å². The van der Waals surface area contributed by atoms with E-state index in [1.165, 1.54) is 0 Å². The van der Waals surface area contributed by atoms with Crippen LogP contribution in [0.4, 0.5) is 0 Å². The molecule has 86 valence electrons. The van der Waals surface area contributed by atoms with Crippen LogP contribution in [0.5, 0.6) is 0 Å². The molecule has 1 unspecified atom stereocenters. The molecular weight excluding hydrogens is 204 g/mol. The fourth-order valence-electron chi connectivity index (χ4n) is 1.41. The molecule has 0 aromatic carbocycles. The Morgan fingerprint density at radius 2 is 2.00 bits per heavy atom. The molecule has 15 heavy (non-hydrogen) atoms. The van der Waals surface area contributed by atoms with E-state index in [1.54, 1.807) is 6.08 Å². The van der Waals surface area contributed by atoms with Crippen LogP contribution in [0.3, 0.4) is 0 Å². The van der Waals surface area contributed by atoms with Crippen molar-refractivity contribution in [2.24, 2.45) is 0 Å². The molecule has 0 heterocycles. The third-order valence-corrected chi connectivity index (χ3v) is 7.93. The SMILES string of the molecule is CC(C)(C)[Si](C)(C)OC1CC=CC(=O)C1. The van der Waals surface area contributed by atoms with Gasteiger partial charge in [0, 0.05) is 6.42 Å². The van der Waals surface area contributed by atoms with Crippen molar-refractivity contribution in [2.75, 3.05) is 0 Å². The molecule has 1 atom stereocenters. The van der Waals surface area contributed by atoms with Gasteiger partial charge in [0.15, 0.2) is 14.1 Å². The van der Waals surface area contributed by atoms with Crippen molar-refractivity contribution in [1.82, 2.24) is 0 Å². The average Bonchev–Trinajstić information content (AvgIpc) is 2.00. The normalized spacial score (nSPS) is 23.3. The van der Waals surface area contributed by atoms with Crippen LogP contribution >= 0.6 is 0 Å². The highest BCUT2D eigenvalue weighted by Gasteiger charge is 2.39. The predicted octanol–water partition coefficient (Wildman–Crippen LogP) is 3.30. The molecule has 0 aliphatic heterocycles. The van der Waals surface area contributed by atoms with Crippen molar-refractivity contribution < 1.29 is 9.22 Å². The topological polar surface area (TPSA) is 26.3 Å². The van der Waals surface area contributed by atoms with Gasteiger partial charge in [-0.05, 0) is 30.6 Å². The lowest BCUT2D eigenvalue weighted by Gasteiger charge is -2.39. The van der Waals surface area contributed by atoms with Crippen molar-refractivity contribution in [2.45, 2.75) is 57.8 Å². The molecule has 1 rings (SSSR count). The van der Waals surface area contributed by atoms with Gasteiger partial charge in [-0.1, -0.05) is 26.8 Å². The zero-order chi connectivity index (χ0) is 11.7. The van der Waals surface area contributed by atoms with Gasteiger partial charge in [0.05, 0.1) is 6.10 Å². The van der Waals surface area contributed by atoms with Gasteiger partial charge in [-0.2, -0.15) is 0 Å². The van der Waals surface area contributed by atoms with E-state index in [9.17, 15) is 4.79 Å². The summed E-state index contributed by atoms with van der Waals surface area (Å²) in [6, 6.07) is 0. The van der Waals surface area contributed by atoms with Crippen molar-refractivity contribution in [3.63, 3.8) is 0 Å². The molecule has 0 saturated carbocycles. The first kappa shape index (κ1) is 12.7. The predicted molar refractivity (Wildman–Crippen MR) is 65.5 cm³/mol. The van der Waals surface area contributed by atoms with E-state index in [-0.39, 0.29) is 16.9 Å². The summed E-state index contributed by atoms with van der Waals surface area (Å²) in [7, 11) is -1.71. The molecule has 2 nitrogen and oxygen atoms in total. The van der Waals surface area contributed by atoms with Crippen LogP contribution < -0.4 is 0 Å². The second-order valence-corrected chi connectivity index (χ2v) is 10.6. The van der Waals surface area contributed by atoms with E-state index >= 15 is 0 Å². The fourth-order valence-corrected chi connectivity index (χ4v) is 2.78. The minimum absolute atomic E-state index is 0.114. The number of allylic oxidation sites excluding steroid dienone is 1. The van der Waals surface area contributed by atoms with Gasteiger partial charge >= 0.3 is 0 Å². The van der Waals surface area contributed by atoms with Crippen LogP contribution in [0.15, 0.2) is 12.2 Å². The summed E-state index contributed by atoms with van der Waals surface area (Å²) in [6.07, 6.45) is 5.17. The summed E-state index contributed by atoms with van der Waals surface area (Å²) in [4.78, 5) is 11.3. The minimum atomic E-state index is -1.71. The Labute approximate surface area is 93.8 Å². The van der Waals surface area contributed by atoms with Crippen LogP contribution in [0.1, 0.15) is 33.6 Å². The number of rotatable bonds is 2.